The highest BCUT2D eigenvalue weighted by atomic mass is 32.1. The van der Waals surface area contributed by atoms with Crippen molar-refractivity contribution in [1.82, 2.24) is 4.57 Å². The van der Waals surface area contributed by atoms with E-state index in [0.717, 1.165) is 33.1 Å². The molecule has 0 atom stereocenters. The van der Waals surface area contributed by atoms with E-state index in [1.54, 1.807) is 0 Å². The summed E-state index contributed by atoms with van der Waals surface area (Å²) in [5, 5.41) is 4.89. The summed E-state index contributed by atoms with van der Waals surface area (Å²) in [7, 11) is 0. The Morgan fingerprint density at radius 2 is 1.13 bits per heavy atom. The molecule has 0 aliphatic rings. The molecule has 10 aromatic rings. The summed E-state index contributed by atoms with van der Waals surface area (Å²) in [6.45, 7) is 0. The minimum Gasteiger partial charge on any atom is -0.455 e. The van der Waals surface area contributed by atoms with Gasteiger partial charge < -0.3 is 8.98 Å². The summed E-state index contributed by atoms with van der Waals surface area (Å²) < 4.78 is 11.6. The van der Waals surface area contributed by atoms with Crippen molar-refractivity contribution >= 4 is 64.5 Å². The van der Waals surface area contributed by atoms with Crippen LogP contribution in [0, 0.1) is 0 Å². The van der Waals surface area contributed by atoms with Gasteiger partial charge in [-0.15, -0.1) is 11.3 Å². The van der Waals surface area contributed by atoms with Crippen LogP contribution in [0.25, 0.3) is 92.2 Å². The zero-order chi connectivity index (χ0) is 30.9. The Morgan fingerprint density at radius 3 is 1.98 bits per heavy atom. The third-order valence-electron chi connectivity index (χ3n) is 9.43. The summed E-state index contributed by atoms with van der Waals surface area (Å²) in [5.41, 5.74) is 12.6. The van der Waals surface area contributed by atoms with Crippen molar-refractivity contribution in [1.29, 1.82) is 0 Å². The van der Waals surface area contributed by atoms with E-state index in [4.69, 9.17) is 4.42 Å². The molecule has 7 aromatic carbocycles. The van der Waals surface area contributed by atoms with Crippen LogP contribution >= 0.6 is 11.3 Å². The second-order valence-corrected chi connectivity index (χ2v) is 13.1. The Morgan fingerprint density at radius 1 is 0.468 bits per heavy atom. The number of para-hydroxylation sites is 3. The van der Waals surface area contributed by atoms with Crippen molar-refractivity contribution in [3.8, 4) is 39.1 Å². The van der Waals surface area contributed by atoms with Gasteiger partial charge in [0, 0.05) is 37.5 Å². The molecule has 3 heteroatoms. The summed E-state index contributed by atoms with van der Waals surface area (Å²) in [6.07, 6.45) is 0. The minimum absolute atomic E-state index is 0.910. The average Bonchev–Trinajstić information content (AvgIpc) is 3.81. The van der Waals surface area contributed by atoms with E-state index in [1.165, 1.54) is 59.1 Å². The molecule has 3 aromatic heterocycles. The van der Waals surface area contributed by atoms with E-state index in [9.17, 15) is 0 Å². The number of thiophene rings is 1. The molecular weight excluding hydrogens is 591 g/mol. The fraction of sp³-hybridized carbons (Fsp3) is 0. The third-order valence-corrected chi connectivity index (χ3v) is 10.6. The molecule has 0 N–H and O–H groups in total. The van der Waals surface area contributed by atoms with Crippen LogP contribution in [0.15, 0.2) is 168 Å². The van der Waals surface area contributed by atoms with E-state index < -0.39 is 0 Å². The van der Waals surface area contributed by atoms with Crippen LogP contribution in [-0.4, -0.2) is 4.57 Å². The molecule has 0 amide bonds. The maximum Gasteiger partial charge on any atom is 0.143 e. The number of hydrogen-bond donors (Lipinski definition) is 0. The summed E-state index contributed by atoms with van der Waals surface area (Å²) in [5.74, 6) is 0. The lowest BCUT2D eigenvalue weighted by molar-refractivity contribution is 0.670. The van der Waals surface area contributed by atoms with Crippen molar-refractivity contribution in [3.05, 3.63) is 164 Å². The van der Waals surface area contributed by atoms with Crippen LogP contribution in [-0.2, 0) is 0 Å². The van der Waals surface area contributed by atoms with Crippen LogP contribution < -0.4 is 0 Å². The van der Waals surface area contributed by atoms with E-state index in [0.29, 0.717) is 0 Å². The molecule has 0 radical (unpaired) electrons. The maximum absolute atomic E-state index is 6.52. The van der Waals surface area contributed by atoms with Gasteiger partial charge in [-0.3, -0.25) is 0 Å². The lowest BCUT2D eigenvalue weighted by atomic mass is 9.96. The quantitative estimate of drug-likeness (QED) is 0.192. The number of hydrogen-bond acceptors (Lipinski definition) is 2. The van der Waals surface area contributed by atoms with Crippen LogP contribution in [0.5, 0.6) is 0 Å². The van der Waals surface area contributed by atoms with E-state index in [2.05, 4.69) is 162 Å². The van der Waals surface area contributed by atoms with E-state index >= 15 is 0 Å². The first kappa shape index (κ1) is 26.3. The summed E-state index contributed by atoms with van der Waals surface area (Å²) in [6, 6.07) is 58.7. The fourth-order valence-electron chi connectivity index (χ4n) is 7.27. The van der Waals surface area contributed by atoms with Gasteiger partial charge in [0.15, 0.2) is 0 Å². The smallest absolute Gasteiger partial charge is 0.143 e. The van der Waals surface area contributed by atoms with Crippen LogP contribution in [0.1, 0.15) is 0 Å². The fourth-order valence-corrected chi connectivity index (χ4v) is 8.53. The van der Waals surface area contributed by atoms with Gasteiger partial charge >= 0.3 is 0 Å². The predicted octanol–water partition coefficient (Wildman–Crippen LogP) is 12.9. The monoisotopic (exact) mass is 617 g/mol. The van der Waals surface area contributed by atoms with Gasteiger partial charge in [-0.25, -0.2) is 0 Å². The molecule has 0 unspecified atom stereocenters. The van der Waals surface area contributed by atoms with Crippen molar-refractivity contribution in [2.24, 2.45) is 0 Å². The molecule has 0 spiro atoms. The molecule has 0 aliphatic carbocycles. The molecule has 0 saturated carbocycles. The highest BCUT2D eigenvalue weighted by molar-refractivity contribution is 7.26. The molecule has 0 bridgehead atoms. The molecule has 10 rings (SSSR count). The van der Waals surface area contributed by atoms with Gasteiger partial charge in [-0.2, -0.15) is 0 Å². The zero-order valence-corrected chi connectivity index (χ0v) is 26.2. The zero-order valence-electron chi connectivity index (χ0n) is 25.4. The normalized spacial score (nSPS) is 11.8. The molecule has 47 heavy (non-hydrogen) atoms. The molecule has 0 fully saturated rings. The van der Waals surface area contributed by atoms with Crippen molar-refractivity contribution in [3.63, 3.8) is 0 Å². The van der Waals surface area contributed by atoms with Crippen molar-refractivity contribution < 1.29 is 4.42 Å². The first-order valence-corrected chi connectivity index (χ1v) is 16.7. The van der Waals surface area contributed by atoms with E-state index in [1.807, 2.05) is 17.4 Å². The molecule has 220 valence electrons. The number of aromatic nitrogens is 1. The number of nitrogens with zero attached hydrogens (tertiary/aromatic N) is 1. The third kappa shape index (κ3) is 4.04. The Hall–Kier alpha value is -5.90. The van der Waals surface area contributed by atoms with Crippen LogP contribution in [0.4, 0.5) is 0 Å². The molecule has 2 nitrogen and oxygen atoms in total. The molecule has 0 aliphatic heterocycles. The topological polar surface area (TPSA) is 18.1 Å². The SMILES string of the molecule is c1ccc(-c2cccc3c2oc2cccc(-c4ccc(-c5ccc6c(c5)sc5c7ccccc7n(-c7ccccc7)c65)cc4)c23)cc1. The van der Waals surface area contributed by atoms with Crippen molar-refractivity contribution in [2.75, 3.05) is 0 Å². The standard InChI is InChI=1S/C44H27NOS/c1-3-11-29(12-4-1)34-17-9-18-37-41-33(16-10-20-39(41)46-43(34)37)30-23-21-28(22-24-30)31-25-26-36-40(27-31)47-44-35-15-7-8-19-38(35)45(42(36)44)32-13-5-2-6-14-32/h1-27H. The highest BCUT2D eigenvalue weighted by Gasteiger charge is 2.19. The van der Waals surface area contributed by atoms with Gasteiger partial charge in [-0.05, 0) is 58.1 Å². The first-order valence-electron chi connectivity index (χ1n) is 15.9. The summed E-state index contributed by atoms with van der Waals surface area (Å²) >= 11 is 1.89. The number of fused-ring (bicyclic) bond motifs is 8. The van der Waals surface area contributed by atoms with Crippen LogP contribution in [0.2, 0.25) is 0 Å². The maximum atomic E-state index is 6.52. The summed E-state index contributed by atoms with van der Waals surface area (Å²) in [4.78, 5) is 0. The van der Waals surface area contributed by atoms with Gasteiger partial charge in [0.2, 0.25) is 0 Å². The number of furan rings is 1. The molecule has 3 heterocycles. The van der Waals surface area contributed by atoms with Gasteiger partial charge in [0.25, 0.3) is 0 Å². The second-order valence-electron chi connectivity index (χ2n) is 12.1. The Balaban J connectivity index is 1.07. The van der Waals surface area contributed by atoms with Gasteiger partial charge in [-0.1, -0.05) is 133 Å². The minimum atomic E-state index is 0.910. The van der Waals surface area contributed by atoms with Crippen LogP contribution in [0.3, 0.4) is 0 Å². The highest BCUT2D eigenvalue weighted by Crippen LogP contribution is 2.44. The van der Waals surface area contributed by atoms with Gasteiger partial charge in [0.1, 0.15) is 11.2 Å². The Kier molecular flexibility index (Phi) is 5.78. The molecular formula is C44H27NOS. The lowest BCUT2D eigenvalue weighted by Crippen LogP contribution is -1.92. The first-order chi connectivity index (χ1) is 23.3. The largest absolute Gasteiger partial charge is 0.455 e. The number of benzene rings is 7. The predicted molar refractivity (Wildman–Crippen MR) is 200 cm³/mol. The molecule has 0 saturated heterocycles. The Labute approximate surface area is 275 Å². The lowest BCUT2D eigenvalue weighted by Gasteiger charge is -2.09. The number of rotatable bonds is 4. The average molecular weight is 618 g/mol. The second kappa shape index (κ2) is 10.3. The Bertz CT molecular complexity index is 2770. The van der Waals surface area contributed by atoms with E-state index in [-0.39, 0.29) is 0 Å². The van der Waals surface area contributed by atoms with Gasteiger partial charge in [0.05, 0.1) is 15.7 Å². The van der Waals surface area contributed by atoms with Crippen molar-refractivity contribution in [2.45, 2.75) is 0 Å².